The van der Waals surface area contributed by atoms with Crippen molar-refractivity contribution in [2.24, 2.45) is 0 Å². The van der Waals surface area contributed by atoms with Crippen LogP contribution in [0.1, 0.15) is 14.5 Å². The minimum atomic E-state index is 0.0143. The maximum absolute atomic E-state index is 12.3. The molecule has 0 saturated heterocycles. The van der Waals surface area contributed by atoms with Crippen LogP contribution in [-0.4, -0.2) is 12.5 Å². The molecule has 0 radical (unpaired) electrons. The quantitative estimate of drug-likeness (QED) is 0.741. The lowest BCUT2D eigenvalue weighted by molar-refractivity contribution is 0.0959. The maximum Gasteiger partial charge on any atom is 0.261 e. The number of carbonyl (C=O) groups is 1. The number of thiophene rings is 2. The van der Waals surface area contributed by atoms with Crippen LogP contribution in [0, 0.1) is 0 Å². The third kappa shape index (κ3) is 3.40. The van der Waals surface area contributed by atoms with Crippen LogP contribution < -0.4 is 5.32 Å². The van der Waals surface area contributed by atoms with Gasteiger partial charge < -0.3 is 5.32 Å². The van der Waals surface area contributed by atoms with Crippen LogP contribution >= 0.6 is 22.7 Å². The van der Waals surface area contributed by atoms with Crippen molar-refractivity contribution >= 4 is 28.6 Å². The number of rotatable bonds is 5. The molecule has 1 amide bonds. The zero-order valence-electron chi connectivity index (χ0n) is 11.4. The van der Waals surface area contributed by atoms with Crippen molar-refractivity contribution in [3.63, 3.8) is 0 Å². The Morgan fingerprint density at radius 3 is 2.57 bits per heavy atom. The summed E-state index contributed by atoms with van der Waals surface area (Å²) in [6.45, 7) is 0.672. The van der Waals surface area contributed by atoms with Crippen molar-refractivity contribution in [1.29, 1.82) is 0 Å². The molecule has 0 saturated carbocycles. The van der Waals surface area contributed by atoms with E-state index in [-0.39, 0.29) is 5.91 Å². The van der Waals surface area contributed by atoms with Gasteiger partial charge in [0.2, 0.25) is 0 Å². The fourth-order valence-corrected chi connectivity index (χ4v) is 3.71. The predicted octanol–water partition coefficient (Wildman–Crippen LogP) is 4.45. The fourth-order valence-electron chi connectivity index (χ4n) is 2.16. The summed E-state index contributed by atoms with van der Waals surface area (Å²) in [7, 11) is 0. The highest BCUT2D eigenvalue weighted by molar-refractivity contribution is 7.12. The summed E-state index contributed by atoms with van der Waals surface area (Å²) in [5.41, 5.74) is 2.09. The lowest BCUT2D eigenvalue weighted by atomic mass is 10.1. The molecule has 2 aromatic heterocycles. The molecule has 2 nitrogen and oxygen atoms in total. The van der Waals surface area contributed by atoms with Gasteiger partial charge in [0.25, 0.3) is 5.91 Å². The molecule has 106 valence electrons. The molecule has 0 spiro atoms. The van der Waals surface area contributed by atoms with E-state index in [1.807, 2.05) is 47.8 Å². The van der Waals surface area contributed by atoms with Gasteiger partial charge in [0.15, 0.2) is 0 Å². The van der Waals surface area contributed by atoms with E-state index in [2.05, 4.69) is 16.8 Å². The van der Waals surface area contributed by atoms with E-state index in [1.54, 1.807) is 11.3 Å². The largest absolute Gasteiger partial charge is 0.351 e. The zero-order valence-corrected chi connectivity index (χ0v) is 13.0. The monoisotopic (exact) mass is 313 g/mol. The SMILES string of the molecule is O=C(NCCc1cccs1)c1sccc1-c1ccccc1. The minimum Gasteiger partial charge on any atom is -0.351 e. The molecule has 0 aliphatic carbocycles. The van der Waals surface area contributed by atoms with Gasteiger partial charge in [-0.25, -0.2) is 0 Å². The summed E-state index contributed by atoms with van der Waals surface area (Å²) in [6.07, 6.45) is 0.884. The van der Waals surface area contributed by atoms with Crippen molar-refractivity contribution in [2.45, 2.75) is 6.42 Å². The number of nitrogens with one attached hydrogen (secondary N) is 1. The predicted molar refractivity (Wildman–Crippen MR) is 90.1 cm³/mol. The molecule has 4 heteroatoms. The molecule has 1 N–H and O–H groups in total. The van der Waals surface area contributed by atoms with E-state index in [9.17, 15) is 4.79 Å². The summed E-state index contributed by atoms with van der Waals surface area (Å²) in [6, 6.07) is 16.2. The van der Waals surface area contributed by atoms with E-state index >= 15 is 0 Å². The Morgan fingerprint density at radius 1 is 0.952 bits per heavy atom. The number of carbonyl (C=O) groups excluding carboxylic acids is 1. The van der Waals surface area contributed by atoms with Gasteiger partial charge in [-0.1, -0.05) is 36.4 Å². The van der Waals surface area contributed by atoms with Crippen molar-refractivity contribution in [1.82, 2.24) is 5.32 Å². The molecule has 0 aliphatic rings. The molecule has 0 bridgehead atoms. The summed E-state index contributed by atoms with van der Waals surface area (Å²) in [5, 5.41) is 7.04. The smallest absolute Gasteiger partial charge is 0.261 e. The zero-order chi connectivity index (χ0) is 14.5. The summed E-state index contributed by atoms with van der Waals surface area (Å²) < 4.78 is 0. The average molecular weight is 313 g/mol. The average Bonchev–Trinajstić information content (AvgIpc) is 3.19. The molecular formula is C17H15NOS2. The first-order chi connectivity index (χ1) is 10.3. The molecule has 0 fully saturated rings. The van der Waals surface area contributed by atoms with E-state index in [0.29, 0.717) is 6.54 Å². The Bertz CT molecular complexity index is 701. The standard InChI is InChI=1S/C17H15NOS2/c19-17(18-10-8-14-7-4-11-20-14)16-15(9-12-21-16)13-5-2-1-3-6-13/h1-7,9,11-12H,8,10H2,(H,18,19). The summed E-state index contributed by atoms with van der Waals surface area (Å²) in [4.78, 5) is 14.4. The second-order valence-electron chi connectivity index (χ2n) is 4.61. The fraction of sp³-hybridized carbons (Fsp3) is 0.118. The number of benzene rings is 1. The van der Waals surface area contributed by atoms with Crippen LogP contribution in [0.4, 0.5) is 0 Å². The summed E-state index contributed by atoms with van der Waals surface area (Å²) in [5.74, 6) is 0.0143. The van der Waals surface area contributed by atoms with Crippen LogP contribution in [0.2, 0.25) is 0 Å². The van der Waals surface area contributed by atoms with Gasteiger partial charge in [0, 0.05) is 17.0 Å². The highest BCUT2D eigenvalue weighted by Gasteiger charge is 2.13. The summed E-state index contributed by atoms with van der Waals surface area (Å²) >= 11 is 3.21. The topological polar surface area (TPSA) is 29.1 Å². The lowest BCUT2D eigenvalue weighted by Crippen LogP contribution is -2.25. The molecular weight excluding hydrogens is 298 g/mol. The van der Waals surface area contributed by atoms with Gasteiger partial charge in [0.1, 0.15) is 0 Å². The number of amides is 1. The second kappa shape index (κ2) is 6.70. The van der Waals surface area contributed by atoms with Gasteiger partial charge in [-0.15, -0.1) is 22.7 Å². The Morgan fingerprint density at radius 2 is 1.81 bits per heavy atom. The molecule has 21 heavy (non-hydrogen) atoms. The van der Waals surface area contributed by atoms with Gasteiger partial charge >= 0.3 is 0 Å². The van der Waals surface area contributed by atoms with Gasteiger partial charge in [-0.2, -0.15) is 0 Å². The Hall–Kier alpha value is -1.91. The van der Waals surface area contributed by atoms with Crippen molar-refractivity contribution < 1.29 is 4.79 Å². The number of hydrogen-bond donors (Lipinski definition) is 1. The van der Waals surface area contributed by atoms with E-state index in [1.165, 1.54) is 16.2 Å². The first-order valence-electron chi connectivity index (χ1n) is 6.78. The molecule has 0 atom stereocenters. The first kappa shape index (κ1) is 14.0. The van der Waals surface area contributed by atoms with Crippen molar-refractivity contribution in [3.8, 4) is 11.1 Å². The van der Waals surface area contributed by atoms with Crippen molar-refractivity contribution in [3.05, 3.63) is 69.0 Å². The Labute approximate surface area is 132 Å². The third-order valence-electron chi connectivity index (χ3n) is 3.19. The molecule has 3 rings (SSSR count). The van der Waals surface area contributed by atoms with Crippen LogP contribution in [-0.2, 0) is 6.42 Å². The molecule has 3 aromatic rings. The Balaban J connectivity index is 1.67. The second-order valence-corrected chi connectivity index (χ2v) is 6.56. The first-order valence-corrected chi connectivity index (χ1v) is 8.54. The van der Waals surface area contributed by atoms with E-state index in [4.69, 9.17) is 0 Å². The van der Waals surface area contributed by atoms with E-state index < -0.39 is 0 Å². The molecule has 0 aliphatic heterocycles. The molecule has 0 unspecified atom stereocenters. The van der Waals surface area contributed by atoms with E-state index in [0.717, 1.165) is 22.4 Å². The highest BCUT2D eigenvalue weighted by Crippen LogP contribution is 2.28. The highest BCUT2D eigenvalue weighted by atomic mass is 32.1. The molecule has 2 heterocycles. The minimum absolute atomic E-state index is 0.0143. The lowest BCUT2D eigenvalue weighted by Gasteiger charge is -2.06. The van der Waals surface area contributed by atoms with Crippen LogP contribution in [0.25, 0.3) is 11.1 Å². The Kier molecular flexibility index (Phi) is 4.48. The third-order valence-corrected chi connectivity index (χ3v) is 5.04. The van der Waals surface area contributed by atoms with Gasteiger partial charge in [0.05, 0.1) is 4.88 Å². The van der Waals surface area contributed by atoms with Crippen LogP contribution in [0.3, 0.4) is 0 Å². The van der Waals surface area contributed by atoms with Gasteiger partial charge in [-0.3, -0.25) is 4.79 Å². The molecule has 1 aromatic carbocycles. The van der Waals surface area contributed by atoms with Crippen LogP contribution in [0.5, 0.6) is 0 Å². The van der Waals surface area contributed by atoms with Gasteiger partial charge in [-0.05, 0) is 34.9 Å². The maximum atomic E-state index is 12.3. The van der Waals surface area contributed by atoms with Crippen LogP contribution in [0.15, 0.2) is 59.3 Å². The normalized spacial score (nSPS) is 10.5. The van der Waals surface area contributed by atoms with Crippen molar-refractivity contribution in [2.75, 3.05) is 6.54 Å². The number of hydrogen-bond acceptors (Lipinski definition) is 3.